The fourth-order valence-corrected chi connectivity index (χ4v) is 2.80. The molecule has 0 fully saturated rings. The molecule has 1 atom stereocenters. The van der Waals surface area contributed by atoms with Gasteiger partial charge in [0.2, 0.25) is 0 Å². The molecule has 166 valence electrons. The molecule has 1 N–H and O–H groups in total. The molecule has 0 unspecified atom stereocenters. The number of aliphatic hydroxyl groups is 1. The summed E-state index contributed by atoms with van der Waals surface area (Å²) in [6.07, 6.45) is 6.98. The Bertz CT molecular complexity index is 744. The molecule has 1 aromatic carbocycles. The number of hydrogen-bond acceptors (Lipinski definition) is 5. The van der Waals surface area contributed by atoms with E-state index in [0.29, 0.717) is 41.6 Å². The Morgan fingerprint density at radius 1 is 1.23 bits per heavy atom. The van der Waals surface area contributed by atoms with E-state index in [9.17, 15) is 9.90 Å². The van der Waals surface area contributed by atoms with Crippen molar-refractivity contribution >= 4 is 6.47 Å². The zero-order valence-corrected chi connectivity index (χ0v) is 19.1. The van der Waals surface area contributed by atoms with Gasteiger partial charge >= 0.3 is 0 Å². The van der Waals surface area contributed by atoms with Crippen LogP contribution in [0.5, 0.6) is 11.5 Å². The molecule has 0 heterocycles. The number of aliphatic hydroxyl groups excluding tert-OH is 1. The second-order valence-electron chi connectivity index (χ2n) is 6.97. The lowest BCUT2D eigenvalue weighted by Gasteiger charge is -2.20. The first-order valence-corrected chi connectivity index (χ1v) is 9.94. The molecule has 0 spiro atoms. The van der Waals surface area contributed by atoms with Crippen molar-refractivity contribution < 1.29 is 24.1 Å². The Kier molecular flexibility index (Phi) is 13.7. The number of carbonyl (C=O) groups is 1. The van der Waals surface area contributed by atoms with Crippen LogP contribution in [-0.4, -0.2) is 25.3 Å². The average Bonchev–Trinajstić information content (AvgIpc) is 2.70. The molecule has 0 bridgehead atoms. The summed E-state index contributed by atoms with van der Waals surface area (Å²) in [5.74, 6) is 2.02. The largest absolute Gasteiger partial charge is 0.496 e. The lowest BCUT2D eigenvalue weighted by Crippen LogP contribution is -2.07. The number of hydrogen-bond donors (Lipinski definition) is 1. The van der Waals surface area contributed by atoms with Gasteiger partial charge in [0.1, 0.15) is 23.9 Å². The minimum absolute atomic E-state index is 0.0799. The third-order valence-corrected chi connectivity index (χ3v) is 4.04. The predicted octanol–water partition coefficient (Wildman–Crippen LogP) is 5.84. The van der Waals surface area contributed by atoms with Crippen molar-refractivity contribution in [3.8, 4) is 11.5 Å². The monoisotopic (exact) mass is 416 g/mol. The summed E-state index contributed by atoms with van der Waals surface area (Å²) >= 11 is 0. The van der Waals surface area contributed by atoms with Crippen molar-refractivity contribution in [2.45, 2.75) is 47.1 Å². The van der Waals surface area contributed by atoms with E-state index in [1.807, 2.05) is 32.9 Å². The van der Waals surface area contributed by atoms with Gasteiger partial charge in [-0.05, 0) is 51.3 Å². The number of methoxy groups -OCH3 is 1. The molecule has 0 aromatic heterocycles. The van der Waals surface area contributed by atoms with Crippen molar-refractivity contribution in [3.05, 3.63) is 72.1 Å². The Balaban J connectivity index is 0.00000263. The Morgan fingerprint density at radius 3 is 2.33 bits per heavy atom. The second-order valence-corrected chi connectivity index (χ2v) is 6.97. The molecule has 0 aliphatic heterocycles. The average molecular weight is 417 g/mol. The maximum absolute atomic E-state index is 10.5. The van der Waals surface area contributed by atoms with E-state index < -0.39 is 6.10 Å². The number of allylic oxidation sites excluding steroid dienone is 3. The van der Waals surface area contributed by atoms with Crippen LogP contribution in [0.15, 0.2) is 60.9 Å². The summed E-state index contributed by atoms with van der Waals surface area (Å²) in [5.41, 5.74) is 2.19. The van der Waals surface area contributed by atoms with Gasteiger partial charge in [0.25, 0.3) is 6.47 Å². The Morgan fingerprint density at radius 2 is 1.87 bits per heavy atom. The predicted molar refractivity (Wildman–Crippen MR) is 123 cm³/mol. The topological polar surface area (TPSA) is 65.0 Å². The van der Waals surface area contributed by atoms with Gasteiger partial charge in [-0.15, -0.1) is 6.58 Å². The molecule has 5 nitrogen and oxygen atoms in total. The minimum atomic E-state index is -0.610. The first-order chi connectivity index (χ1) is 14.3. The molecule has 0 saturated heterocycles. The SMILES string of the molecule is C=C/C(Oc1ccc([C@@H](O)CC(C)C)c(OC)c1C)=C(\C=C\C)COC=O.C=CC. The van der Waals surface area contributed by atoms with Gasteiger partial charge in [0.15, 0.2) is 0 Å². The molecule has 0 aliphatic carbocycles. The van der Waals surface area contributed by atoms with E-state index >= 15 is 0 Å². The molecule has 30 heavy (non-hydrogen) atoms. The van der Waals surface area contributed by atoms with E-state index in [0.717, 1.165) is 11.1 Å². The highest BCUT2D eigenvalue weighted by Crippen LogP contribution is 2.37. The van der Waals surface area contributed by atoms with Crippen molar-refractivity contribution in [1.29, 1.82) is 0 Å². The fourth-order valence-electron chi connectivity index (χ4n) is 2.80. The first-order valence-electron chi connectivity index (χ1n) is 9.94. The van der Waals surface area contributed by atoms with Crippen LogP contribution in [0, 0.1) is 12.8 Å². The highest BCUT2D eigenvalue weighted by molar-refractivity contribution is 5.51. The molecular weight excluding hydrogens is 380 g/mol. The number of benzene rings is 1. The third kappa shape index (κ3) is 8.70. The number of rotatable bonds is 11. The van der Waals surface area contributed by atoms with Crippen LogP contribution in [0.25, 0.3) is 0 Å². The van der Waals surface area contributed by atoms with Gasteiger partial charge in [-0.25, -0.2) is 0 Å². The van der Waals surface area contributed by atoms with Crippen LogP contribution in [0.2, 0.25) is 0 Å². The summed E-state index contributed by atoms with van der Waals surface area (Å²) < 4.78 is 16.4. The van der Waals surface area contributed by atoms with Crippen LogP contribution >= 0.6 is 0 Å². The van der Waals surface area contributed by atoms with Crippen LogP contribution in [-0.2, 0) is 9.53 Å². The number of carbonyl (C=O) groups excluding carboxylic acids is 1. The van der Waals surface area contributed by atoms with Crippen molar-refractivity contribution in [2.75, 3.05) is 13.7 Å². The lowest BCUT2D eigenvalue weighted by atomic mass is 9.97. The van der Waals surface area contributed by atoms with Gasteiger partial charge in [0.05, 0.1) is 13.2 Å². The van der Waals surface area contributed by atoms with Gasteiger partial charge in [0, 0.05) is 16.7 Å². The molecule has 0 radical (unpaired) electrons. The van der Waals surface area contributed by atoms with E-state index in [2.05, 4.69) is 27.0 Å². The maximum atomic E-state index is 10.5. The molecular formula is C25H36O5. The zero-order valence-electron chi connectivity index (χ0n) is 19.1. The summed E-state index contributed by atoms with van der Waals surface area (Å²) in [4.78, 5) is 10.5. The van der Waals surface area contributed by atoms with Gasteiger partial charge < -0.3 is 19.3 Å². The van der Waals surface area contributed by atoms with Crippen LogP contribution in [0.3, 0.4) is 0 Å². The highest BCUT2D eigenvalue weighted by atomic mass is 16.5. The highest BCUT2D eigenvalue weighted by Gasteiger charge is 2.19. The van der Waals surface area contributed by atoms with Gasteiger partial charge in [-0.3, -0.25) is 4.79 Å². The van der Waals surface area contributed by atoms with E-state index in [4.69, 9.17) is 14.2 Å². The fraction of sp³-hybridized carbons (Fsp3) is 0.400. The maximum Gasteiger partial charge on any atom is 0.293 e. The van der Waals surface area contributed by atoms with Crippen molar-refractivity contribution in [2.24, 2.45) is 5.92 Å². The summed E-state index contributed by atoms with van der Waals surface area (Å²) in [6.45, 7) is 17.4. The first kappa shape index (κ1) is 27.2. The Hall–Kier alpha value is -2.79. The van der Waals surface area contributed by atoms with Crippen LogP contribution < -0.4 is 9.47 Å². The standard InChI is InChI=1S/C22H30O5.C3H6/c1-7-9-17(13-26-14-23)20(8-2)27-21-11-10-18(19(24)12-15(3)4)22(25-6)16(21)5;1-3-2/h7-11,14-15,19,24H,2,12-13H2,1,3-6H3;3H,1H2,2H3/b9-7+,20-17-;/t19-;/m0./s1. The summed E-state index contributed by atoms with van der Waals surface area (Å²) in [5, 5.41) is 10.5. The molecule has 1 aromatic rings. The quantitative estimate of drug-likeness (QED) is 0.212. The summed E-state index contributed by atoms with van der Waals surface area (Å²) in [6, 6.07) is 3.61. The lowest BCUT2D eigenvalue weighted by molar-refractivity contribution is -0.127. The van der Waals surface area contributed by atoms with Crippen LogP contribution in [0.1, 0.15) is 51.3 Å². The van der Waals surface area contributed by atoms with E-state index in [1.165, 1.54) is 0 Å². The van der Waals surface area contributed by atoms with Crippen LogP contribution in [0.4, 0.5) is 0 Å². The van der Waals surface area contributed by atoms with E-state index in [-0.39, 0.29) is 6.61 Å². The normalized spacial score (nSPS) is 12.4. The third-order valence-electron chi connectivity index (χ3n) is 4.04. The molecule has 1 rings (SSSR count). The van der Waals surface area contributed by atoms with Gasteiger partial charge in [-0.1, -0.05) is 38.7 Å². The Labute approximate surface area is 181 Å². The van der Waals surface area contributed by atoms with E-state index in [1.54, 1.807) is 31.4 Å². The number of ether oxygens (including phenoxy) is 3. The minimum Gasteiger partial charge on any atom is -0.496 e. The summed E-state index contributed by atoms with van der Waals surface area (Å²) in [7, 11) is 1.57. The second kappa shape index (κ2) is 15.1. The smallest absolute Gasteiger partial charge is 0.293 e. The molecule has 0 amide bonds. The van der Waals surface area contributed by atoms with Gasteiger partial charge in [-0.2, -0.15) is 0 Å². The molecule has 5 heteroatoms. The zero-order chi connectivity index (χ0) is 23.1. The molecule has 0 saturated carbocycles. The molecule has 0 aliphatic rings. The van der Waals surface area contributed by atoms with Crippen molar-refractivity contribution in [3.63, 3.8) is 0 Å². The van der Waals surface area contributed by atoms with Crippen molar-refractivity contribution in [1.82, 2.24) is 0 Å².